The van der Waals surface area contributed by atoms with Crippen molar-refractivity contribution in [3.8, 4) is 0 Å². The van der Waals surface area contributed by atoms with Gasteiger partial charge < -0.3 is 28.8 Å². The first-order valence-electron chi connectivity index (χ1n) is 8.51. The fourth-order valence-electron chi connectivity index (χ4n) is 2.09. The number of halogens is 5. The van der Waals surface area contributed by atoms with Crippen molar-refractivity contribution in [2.75, 3.05) is 39.9 Å². The predicted molar refractivity (Wildman–Crippen MR) is 127 cm³/mol. The van der Waals surface area contributed by atoms with Gasteiger partial charge in [-0.15, -0.1) is 0 Å². The Balaban J connectivity index is 6.29. The maximum Gasteiger partial charge on any atom is 0.317 e. The Morgan fingerprint density at radius 3 is 1.28 bits per heavy atom. The zero-order valence-electron chi connectivity index (χ0n) is 16.2. The Labute approximate surface area is 225 Å². The minimum absolute atomic E-state index is 0.178. The number of hydrogen-bond acceptors (Lipinski definition) is 11. The minimum Gasteiger partial charge on any atom is -0.461 e. The third-order valence-corrected chi connectivity index (χ3v) is 5.58. The zero-order chi connectivity index (χ0) is 24.7. The molecule has 11 nitrogen and oxygen atoms in total. The molecule has 0 rings (SSSR count). The van der Waals surface area contributed by atoms with Crippen LogP contribution in [0, 0.1) is 0 Å². The quantitative estimate of drug-likeness (QED) is 0.145. The number of ether oxygens (including phenoxy) is 5. The van der Waals surface area contributed by atoms with Crippen LogP contribution in [0.2, 0.25) is 0 Å². The molecule has 0 aromatic heterocycles. The molecular weight excluding hydrogens is 768 g/mol. The van der Waals surface area contributed by atoms with Crippen molar-refractivity contribution in [1.29, 1.82) is 0 Å². The average Bonchev–Trinajstić information content (AvgIpc) is 2.81. The van der Waals surface area contributed by atoms with Gasteiger partial charge in [0.1, 0.15) is 33.3 Å². The van der Waals surface area contributed by atoms with Gasteiger partial charge in [0.05, 0.1) is 6.61 Å². The third kappa shape index (κ3) is 12.3. The summed E-state index contributed by atoms with van der Waals surface area (Å²) in [5.74, 6) is -4.12. The molecule has 4 atom stereocenters. The Morgan fingerprint density at radius 1 is 0.562 bits per heavy atom. The molecule has 0 aromatic carbocycles. The Kier molecular flexibility index (Phi) is 17.9. The van der Waals surface area contributed by atoms with Crippen LogP contribution >= 0.6 is 79.6 Å². The molecule has 0 spiro atoms. The summed E-state index contributed by atoms with van der Waals surface area (Å²) in [5, 5.41) is 8.50. The average molecular weight is 787 g/mol. The molecule has 0 radical (unpaired) electrons. The molecule has 0 saturated carbocycles. The van der Waals surface area contributed by atoms with Gasteiger partial charge in [-0.25, -0.2) is 0 Å². The number of aliphatic hydroxyl groups is 1. The lowest BCUT2D eigenvalue weighted by atomic mass is 10.0. The molecule has 1 N–H and O–H groups in total. The summed E-state index contributed by atoms with van der Waals surface area (Å²) in [6.07, 6.45) is -6.27. The van der Waals surface area contributed by atoms with Crippen molar-refractivity contribution in [2.45, 2.75) is 24.4 Å². The van der Waals surface area contributed by atoms with E-state index in [4.69, 9.17) is 23.7 Å². The van der Waals surface area contributed by atoms with Gasteiger partial charge in [0.25, 0.3) is 0 Å². The predicted octanol–water partition coefficient (Wildman–Crippen LogP) is 1.14. The van der Waals surface area contributed by atoms with E-state index in [1.54, 1.807) is 0 Å². The molecule has 184 valence electrons. The van der Waals surface area contributed by atoms with E-state index in [1.165, 1.54) is 0 Å². The van der Waals surface area contributed by atoms with E-state index in [0.717, 1.165) is 0 Å². The fraction of sp³-hybridized carbons (Fsp3) is 0.688. The monoisotopic (exact) mass is 782 g/mol. The van der Waals surface area contributed by atoms with Crippen LogP contribution in [0.1, 0.15) is 0 Å². The molecule has 0 unspecified atom stereocenters. The summed E-state index contributed by atoms with van der Waals surface area (Å²) in [6.45, 7) is -1.45. The molecule has 0 fully saturated rings. The topological polar surface area (TPSA) is 152 Å². The fourth-order valence-corrected chi connectivity index (χ4v) is 2.78. The van der Waals surface area contributed by atoms with E-state index in [1.807, 2.05) is 0 Å². The summed E-state index contributed by atoms with van der Waals surface area (Å²) in [7, 11) is 0. The largest absolute Gasteiger partial charge is 0.461 e. The highest BCUT2D eigenvalue weighted by atomic mass is 79.9. The lowest BCUT2D eigenvalue weighted by molar-refractivity contribution is -0.204. The number of carbonyl (C=O) groups is 5. The molecule has 32 heavy (non-hydrogen) atoms. The first-order valence-corrected chi connectivity index (χ1v) is 14.1. The third-order valence-electron chi connectivity index (χ3n) is 3.29. The Hall–Kier alpha value is -0.290. The van der Waals surface area contributed by atoms with E-state index >= 15 is 0 Å². The van der Waals surface area contributed by atoms with Crippen molar-refractivity contribution >= 4 is 109 Å². The second-order valence-corrected chi connectivity index (χ2v) is 8.30. The van der Waals surface area contributed by atoms with Crippen molar-refractivity contribution < 1.29 is 52.8 Å². The first-order chi connectivity index (χ1) is 15.2. The number of esters is 5. The second kappa shape index (κ2) is 18.1. The smallest absolute Gasteiger partial charge is 0.317 e. The molecule has 0 aliphatic rings. The van der Waals surface area contributed by atoms with Crippen molar-refractivity contribution in [1.82, 2.24) is 0 Å². The first kappa shape index (κ1) is 31.7. The molecule has 0 aliphatic carbocycles. The van der Waals surface area contributed by atoms with Crippen LogP contribution in [0.25, 0.3) is 0 Å². The minimum atomic E-state index is -1.63. The lowest BCUT2D eigenvalue weighted by Crippen LogP contribution is -2.54. The van der Waals surface area contributed by atoms with Crippen LogP contribution in [0.15, 0.2) is 0 Å². The molecule has 0 amide bonds. The highest BCUT2D eigenvalue weighted by Crippen LogP contribution is 2.21. The summed E-state index contributed by atoms with van der Waals surface area (Å²) in [6, 6.07) is 0. The van der Waals surface area contributed by atoms with Crippen LogP contribution in [-0.4, -0.2) is 99.2 Å². The molecule has 0 aromatic rings. The summed E-state index contributed by atoms with van der Waals surface area (Å²) in [5.41, 5.74) is 0. The van der Waals surface area contributed by atoms with Crippen LogP contribution in [-0.2, 0) is 47.7 Å². The second-order valence-electron chi connectivity index (χ2n) is 5.50. The van der Waals surface area contributed by atoms with Gasteiger partial charge in [0, 0.05) is 0 Å². The summed E-state index contributed by atoms with van der Waals surface area (Å²) < 4.78 is 25.8. The molecule has 0 saturated heterocycles. The van der Waals surface area contributed by atoms with Crippen LogP contribution in [0.4, 0.5) is 0 Å². The van der Waals surface area contributed by atoms with E-state index in [9.17, 15) is 29.1 Å². The highest BCUT2D eigenvalue weighted by molar-refractivity contribution is 9.10. The molecule has 0 bridgehead atoms. The number of rotatable bonds is 15. The maximum absolute atomic E-state index is 12.1. The van der Waals surface area contributed by atoms with Crippen molar-refractivity contribution in [3.63, 3.8) is 0 Å². The Bertz CT molecular complexity index is 648. The summed E-state index contributed by atoms with van der Waals surface area (Å²) >= 11 is 14.5. The van der Waals surface area contributed by atoms with Crippen LogP contribution < -0.4 is 0 Å². The molecule has 0 aliphatic heterocycles. The van der Waals surface area contributed by atoms with Gasteiger partial charge in [-0.05, 0) is 0 Å². The van der Waals surface area contributed by atoms with E-state index < -0.39 is 67.5 Å². The van der Waals surface area contributed by atoms with Gasteiger partial charge in [-0.2, -0.15) is 0 Å². The normalized spacial score (nSPS) is 14.3. The molecular formula is C16H19Br5O11. The number of carbonyl (C=O) groups excluding carboxylic acids is 5. The van der Waals surface area contributed by atoms with Crippen LogP contribution in [0.5, 0.6) is 0 Å². The van der Waals surface area contributed by atoms with Gasteiger partial charge in [-0.1, -0.05) is 79.6 Å². The van der Waals surface area contributed by atoms with Crippen LogP contribution in [0.3, 0.4) is 0 Å². The number of aliphatic hydroxyl groups excluding tert-OH is 1. The Morgan fingerprint density at radius 2 is 0.906 bits per heavy atom. The SMILES string of the molecule is O=C(CBr)OC[C@H](OC(=O)CBr)[C@@H](OC(=O)CBr)[C@H](OC(=O)CBr)[C@@H](CO)OC(=O)CBr. The lowest BCUT2D eigenvalue weighted by Gasteiger charge is -2.35. The number of alkyl halides is 5. The number of hydrogen-bond donors (Lipinski definition) is 1. The van der Waals surface area contributed by atoms with E-state index in [0.29, 0.717) is 0 Å². The molecule has 0 heterocycles. The summed E-state index contributed by atoms with van der Waals surface area (Å²) in [4.78, 5) is 59.4. The van der Waals surface area contributed by atoms with Gasteiger partial charge >= 0.3 is 29.8 Å². The zero-order valence-corrected chi connectivity index (χ0v) is 24.1. The van der Waals surface area contributed by atoms with E-state index in [2.05, 4.69) is 79.6 Å². The van der Waals surface area contributed by atoms with Gasteiger partial charge in [0.2, 0.25) is 0 Å². The molecule has 16 heteroatoms. The standard InChI is InChI=1S/C16H19Br5O11/c17-1-10(23)28-7-9(30-12(25)3-19)16(32-14(27)5-21)15(31-13(26)4-20)8(6-22)29-11(24)2-18/h8-9,15-16,22H,1-7H2/t8-,9+,15-,16-/m1/s1. The van der Waals surface area contributed by atoms with Crippen molar-refractivity contribution in [3.05, 3.63) is 0 Å². The van der Waals surface area contributed by atoms with Gasteiger partial charge in [-0.3, -0.25) is 24.0 Å². The van der Waals surface area contributed by atoms with Gasteiger partial charge in [0.15, 0.2) is 24.4 Å². The highest BCUT2D eigenvalue weighted by Gasteiger charge is 2.44. The maximum atomic E-state index is 12.1. The van der Waals surface area contributed by atoms with Crippen molar-refractivity contribution in [2.24, 2.45) is 0 Å². The van der Waals surface area contributed by atoms with E-state index in [-0.39, 0.29) is 26.7 Å².